The number of carboxylic acid groups (broad SMARTS) is 1. The Morgan fingerprint density at radius 1 is 0.508 bits per heavy atom. The highest BCUT2D eigenvalue weighted by atomic mass is 16.6. The van der Waals surface area contributed by atoms with E-state index in [2.05, 4.69) is 50.3 Å². The van der Waals surface area contributed by atoms with Crippen LogP contribution in [0.2, 0.25) is 0 Å². The maximum Gasteiger partial charge on any atom is 0.306 e. The molecule has 0 heterocycles. The monoisotopic (exact) mass is 860 g/mol. The molecule has 0 aromatic carbocycles. The summed E-state index contributed by atoms with van der Waals surface area (Å²) in [5, 5.41) is 11.6. The fraction of sp³-hybridized carbons (Fsp3) is 0.830. The third kappa shape index (κ3) is 42.6. The van der Waals surface area contributed by atoms with Crippen molar-refractivity contribution in [3.8, 4) is 0 Å². The number of allylic oxidation sites excluding steroid dienone is 6. The van der Waals surface area contributed by atoms with Crippen molar-refractivity contribution in [3.05, 3.63) is 36.5 Å². The summed E-state index contributed by atoms with van der Waals surface area (Å²) < 4.78 is 17.2. The van der Waals surface area contributed by atoms with E-state index in [0.717, 1.165) is 70.6 Å². The third-order valence-electron chi connectivity index (χ3n) is 11.5. The van der Waals surface area contributed by atoms with Gasteiger partial charge in [-0.05, 0) is 44.9 Å². The maximum atomic E-state index is 12.7. The minimum atomic E-state index is -1.13. The molecule has 0 aromatic rings. The summed E-state index contributed by atoms with van der Waals surface area (Å²) >= 11 is 0. The minimum Gasteiger partial charge on any atom is -0.544 e. The van der Waals surface area contributed by atoms with Crippen LogP contribution in [-0.4, -0.2) is 75.5 Å². The number of carboxylic acids is 1. The summed E-state index contributed by atoms with van der Waals surface area (Å²) in [4.78, 5) is 37.0. The van der Waals surface area contributed by atoms with E-state index in [1.54, 1.807) is 21.1 Å². The Morgan fingerprint density at radius 2 is 0.918 bits per heavy atom. The normalized spacial score (nSPS) is 13.1. The molecule has 0 saturated heterocycles. The van der Waals surface area contributed by atoms with Crippen LogP contribution in [0.25, 0.3) is 0 Å². The van der Waals surface area contributed by atoms with Crippen molar-refractivity contribution in [2.24, 2.45) is 0 Å². The molecule has 0 bridgehead atoms. The van der Waals surface area contributed by atoms with Crippen molar-refractivity contribution in [1.82, 2.24) is 0 Å². The average Bonchev–Trinajstić information content (AvgIpc) is 3.22. The predicted octanol–water partition coefficient (Wildman–Crippen LogP) is 13.3. The number of likely N-dealkylation sites (N-methyl/N-ethyl adjacent to an activating group) is 1. The van der Waals surface area contributed by atoms with Gasteiger partial charge in [0.15, 0.2) is 6.10 Å². The molecule has 0 aliphatic carbocycles. The highest BCUT2D eigenvalue weighted by molar-refractivity contribution is 5.70. The summed E-state index contributed by atoms with van der Waals surface area (Å²) in [6.07, 6.45) is 51.9. The summed E-state index contributed by atoms with van der Waals surface area (Å²) in [7, 11) is 5.41. The number of aliphatic carboxylic acids is 1. The Morgan fingerprint density at radius 3 is 1.36 bits per heavy atom. The smallest absolute Gasteiger partial charge is 0.306 e. The number of hydrogen-bond donors (Lipinski definition) is 0. The van der Waals surface area contributed by atoms with Crippen molar-refractivity contribution >= 4 is 17.9 Å². The molecule has 0 saturated carbocycles. The first-order chi connectivity index (χ1) is 29.6. The zero-order valence-corrected chi connectivity index (χ0v) is 40.6. The summed E-state index contributed by atoms with van der Waals surface area (Å²) in [6.45, 7) is 4.56. The van der Waals surface area contributed by atoms with Gasteiger partial charge in [0.2, 0.25) is 0 Å². The van der Waals surface area contributed by atoms with Gasteiger partial charge in [-0.2, -0.15) is 0 Å². The predicted molar refractivity (Wildman–Crippen MR) is 254 cm³/mol. The van der Waals surface area contributed by atoms with Crippen LogP contribution in [0.5, 0.6) is 0 Å². The molecule has 0 spiro atoms. The molecule has 0 aliphatic heterocycles. The largest absolute Gasteiger partial charge is 0.544 e. The molecule has 0 amide bonds. The summed E-state index contributed by atoms with van der Waals surface area (Å²) in [6, 6.07) is -0.729. The Labute approximate surface area is 376 Å². The summed E-state index contributed by atoms with van der Waals surface area (Å²) in [5.41, 5.74) is 0. The van der Waals surface area contributed by atoms with E-state index in [-0.39, 0.29) is 42.7 Å². The second-order valence-electron chi connectivity index (χ2n) is 18.4. The zero-order valence-electron chi connectivity index (χ0n) is 40.6. The Bertz CT molecular complexity index is 1090. The number of ether oxygens (including phenoxy) is 3. The quantitative estimate of drug-likeness (QED) is 0.0260. The van der Waals surface area contributed by atoms with Crippen molar-refractivity contribution in [2.75, 3.05) is 41.0 Å². The van der Waals surface area contributed by atoms with Crippen LogP contribution in [0.3, 0.4) is 0 Å². The SMILES string of the molecule is CC/C=C/C/C=C/C/C=C/CCCCCCC(=O)OC(COCCC(C(=O)[O-])[N+](C)(C)C)COC(=O)CCCCCCCCCCCCCCCCCCCCCCCCC. The number of nitrogens with zero attached hydrogens (tertiary/aromatic N) is 1. The molecule has 2 unspecified atom stereocenters. The van der Waals surface area contributed by atoms with E-state index in [1.165, 1.54) is 128 Å². The van der Waals surface area contributed by atoms with Gasteiger partial charge < -0.3 is 28.6 Å². The zero-order chi connectivity index (χ0) is 44.9. The molecule has 61 heavy (non-hydrogen) atoms. The van der Waals surface area contributed by atoms with Gasteiger partial charge in [0.1, 0.15) is 12.6 Å². The van der Waals surface area contributed by atoms with Gasteiger partial charge in [0, 0.05) is 19.3 Å². The molecular weight excluding hydrogens is 763 g/mol. The molecule has 2 atom stereocenters. The van der Waals surface area contributed by atoms with Crippen LogP contribution in [-0.2, 0) is 28.6 Å². The lowest BCUT2D eigenvalue weighted by Gasteiger charge is -2.34. The van der Waals surface area contributed by atoms with Gasteiger partial charge in [0.05, 0.1) is 40.3 Å². The standard InChI is InChI=1S/C53H97NO7/c1-6-8-10-12-14-16-18-20-22-23-24-25-26-27-28-29-30-32-33-35-37-39-41-43-51(55)60-48-49(47-59-46-45-50(53(57)58)54(3,4)5)61-52(56)44-42-40-38-36-34-31-21-19-17-15-13-11-9-7-2/h9,11,15,17,21,31,49-50H,6-8,10,12-14,16,18-20,22-30,32-48H2,1-5H3/b11-9+,17-15+,31-21+. The minimum absolute atomic E-state index is 0.0341. The number of hydrogen-bond acceptors (Lipinski definition) is 7. The summed E-state index contributed by atoms with van der Waals surface area (Å²) in [5.74, 6) is -1.75. The topological polar surface area (TPSA) is 102 Å². The van der Waals surface area contributed by atoms with E-state index < -0.39 is 18.1 Å². The van der Waals surface area contributed by atoms with E-state index in [4.69, 9.17) is 14.2 Å². The molecule has 0 N–H and O–H groups in total. The number of rotatable bonds is 46. The van der Waals surface area contributed by atoms with Crippen LogP contribution in [0.1, 0.15) is 232 Å². The second-order valence-corrected chi connectivity index (χ2v) is 18.4. The molecule has 8 heteroatoms. The van der Waals surface area contributed by atoms with Gasteiger partial charge in [-0.25, -0.2) is 0 Å². The fourth-order valence-electron chi connectivity index (χ4n) is 7.62. The highest BCUT2D eigenvalue weighted by Gasteiger charge is 2.25. The van der Waals surface area contributed by atoms with Crippen LogP contribution in [0.4, 0.5) is 0 Å². The molecule has 0 aliphatic rings. The lowest BCUT2D eigenvalue weighted by Crippen LogP contribution is -2.55. The number of quaternary nitrogens is 1. The first kappa shape index (κ1) is 58.6. The average molecular weight is 860 g/mol. The highest BCUT2D eigenvalue weighted by Crippen LogP contribution is 2.16. The van der Waals surface area contributed by atoms with Crippen molar-refractivity contribution < 1.29 is 38.2 Å². The Hall–Kier alpha value is -2.45. The van der Waals surface area contributed by atoms with Crippen molar-refractivity contribution in [2.45, 2.75) is 244 Å². The molecule has 0 aromatic heterocycles. The molecule has 0 fully saturated rings. The second kappa shape index (κ2) is 44.2. The number of unbranched alkanes of at least 4 members (excludes halogenated alkanes) is 26. The third-order valence-corrected chi connectivity index (χ3v) is 11.5. The Kier molecular flexibility index (Phi) is 42.4. The number of carbonyl (C=O) groups excluding carboxylic acids is 3. The molecule has 0 radical (unpaired) electrons. The van der Waals surface area contributed by atoms with Gasteiger partial charge in [-0.1, -0.05) is 204 Å². The Balaban J connectivity index is 4.17. The van der Waals surface area contributed by atoms with Gasteiger partial charge >= 0.3 is 11.9 Å². The van der Waals surface area contributed by atoms with Crippen LogP contribution < -0.4 is 5.11 Å². The fourth-order valence-corrected chi connectivity index (χ4v) is 7.62. The first-order valence-electron chi connectivity index (χ1n) is 25.5. The molecule has 8 nitrogen and oxygen atoms in total. The van der Waals surface area contributed by atoms with Crippen LogP contribution in [0.15, 0.2) is 36.5 Å². The lowest BCUT2D eigenvalue weighted by atomic mass is 10.0. The van der Waals surface area contributed by atoms with Crippen LogP contribution >= 0.6 is 0 Å². The molecule has 0 rings (SSSR count). The number of carbonyl (C=O) groups is 3. The van der Waals surface area contributed by atoms with Crippen molar-refractivity contribution in [3.63, 3.8) is 0 Å². The number of esters is 2. The molecular formula is C53H97NO7. The lowest BCUT2D eigenvalue weighted by molar-refractivity contribution is -0.889. The van der Waals surface area contributed by atoms with Gasteiger partial charge in [-0.15, -0.1) is 0 Å². The van der Waals surface area contributed by atoms with Crippen LogP contribution in [0, 0.1) is 0 Å². The van der Waals surface area contributed by atoms with E-state index in [0.29, 0.717) is 12.8 Å². The molecule has 356 valence electrons. The first-order valence-corrected chi connectivity index (χ1v) is 25.5. The van der Waals surface area contributed by atoms with E-state index in [1.807, 2.05) is 0 Å². The van der Waals surface area contributed by atoms with Crippen molar-refractivity contribution in [1.29, 1.82) is 0 Å². The van der Waals surface area contributed by atoms with E-state index in [9.17, 15) is 19.5 Å². The van der Waals surface area contributed by atoms with Gasteiger partial charge in [0.25, 0.3) is 0 Å². The van der Waals surface area contributed by atoms with Gasteiger partial charge in [-0.3, -0.25) is 9.59 Å². The van der Waals surface area contributed by atoms with E-state index >= 15 is 0 Å². The maximum absolute atomic E-state index is 12.7.